The quantitative estimate of drug-likeness (QED) is 0.0792. The fourth-order valence-corrected chi connectivity index (χ4v) is 7.87. The third-order valence-corrected chi connectivity index (χ3v) is 11.8. The fourth-order valence-electron chi connectivity index (χ4n) is 7.87. The van der Waals surface area contributed by atoms with Crippen molar-refractivity contribution < 1.29 is 42.5 Å². The smallest absolute Gasteiger partial charge is 0.495 e. The van der Waals surface area contributed by atoms with Crippen LogP contribution in [0.4, 0.5) is 0 Å². The summed E-state index contributed by atoms with van der Waals surface area (Å²) in [4.78, 5) is 14.6. The molecule has 1 aliphatic rings. The number of ether oxygens (including phenoxy) is 6. The molecule has 1 aromatic heterocycles. The van der Waals surface area contributed by atoms with E-state index in [-0.39, 0.29) is 0 Å². The summed E-state index contributed by atoms with van der Waals surface area (Å²) in [5, 5.41) is 0.854. The SMILES string of the molecule is COC(=O)C(c1ccc(OC)cc1)c1c(-c2ccc(OC)cc2)c2c(B3OC(C)(C)C(C)(C)O3)cc(OC)c(-c3ccc(OC)cc3)c2n1CCc1ccc(OC)cc1. The highest BCUT2D eigenvalue weighted by Gasteiger charge is 2.53. The largest absolute Gasteiger partial charge is 0.497 e. The lowest BCUT2D eigenvalue weighted by atomic mass is 9.74. The van der Waals surface area contributed by atoms with Crippen molar-refractivity contribution in [2.24, 2.45) is 0 Å². The van der Waals surface area contributed by atoms with Crippen molar-refractivity contribution in [3.8, 4) is 51.0 Å². The number of nitrogens with zero attached hydrogens (tertiary/aromatic N) is 1. The molecule has 1 aliphatic heterocycles. The Kier molecular flexibility index (Phi) is 11.7. The van der Waals surface area contributed by atoms with Gasteiger partial charge in [-0.1, -0.05) is 48.5 Å². The van der Waals surface area contributed by atoms with E-state index in [9.17, 15) is 4.79 Å². The summed E-state index contributed by atoms with van der Waals surface area (Å²) in [7, 11) is 8.89. The number of aryl methyl sites for hydroxylation is 2. The second-order valence-electron chi connectivity index (χ2n) is 15.6. The maximum Gasteiger partial charge on any atom is 0.495 e. The average Bonchev–Trinajstić information content (AvgIpc) is 3.70. The number of rotatable bonds is 14. The molecule has 2 heterocycles. The van der Waals surface area contributed by atoms with E-state index >= 15 is 0 Å². The number of hydrogen-bond donors (Lipinski definition) is 0. The minimum absolute atomic E-state index is 0.423. The standard InChI is InChI=1S/C48H52BNO9/c1-47(2)48(3,4)59-49(58-47)38-29-39(56-9)40(31-13-21-35(53-6)22-14-31)44-43(38)41(32-15-23-36(54-7)24-16-32)45(50(44)28-27-30-11-19-34(52-5)20-12-30)42(46(51)57-10)33-17-25-37(55-8)26-18-33/h11-26,29,42H,27-28H2,1-10H3. The molecule has 0 bridgehead atoms. The van der Waals surface area contributed by atoms with Crippen LogP contribution in [0.25, 0.3) is 33.2 Å². The summed E-state index contributed by atoms with van der Waals surface area (Å²) in [6.45, 7) is 8.64. The minimum atomic E-state index is -0.882. The van der Waals surface area contributed by atoms with Gasteiger partial charge in [0.05, 0.1) is 59.4 Å². The van der Waals surface area contributed by atoms with Crippen LogP contribution in [0.1, 0.15) is 50.4 Å². The topological polar surface area (TPSA) is 95.8 Å². The maximum absolute atomic E-state index is 14.6. The Morgan fingerprint density at radius 1 is 0.627 bits per heavy atom. The van der Waals surface area contributed by atoms with E-state index in [4.69, 9.17) is 37.7 Å². The second kappa shape index (κ2) is 16.8. The van der Waals surface area contributed by atoms with Gasteiger partial charge in [-0.05, 0) is 116 Å². The van der Waals surface area contributed by atoms with Gasteiger partial charge in [0.2, 0.25) is 0 Å². The highest BCUT2D eigenvalue weighted by molar-refractivity contribution is 6.66. The van der Waals surface area contributed by atoms with Gasteiger partial charge in [-0.15, -0.1) is 0 Å². The van der Waals surface area contributed by atoms with Crippen LogP contribution in [0.2, 0.25) is 0 Å². The molecule has 6 aromatic rings. The number of aromatic nitrogens is 1. The molecule has 1 fully saturated rings. The molecule has 0 aliphatic carbocycles. The van der Waals surface area contributed by atoms with Crippen LogP contribution in [0.3, 0.4) is 0 Å². The van der Waals surface area contributed by atoms with Crippen LogP contribution < -0.4 is 29.1 Å². The highest BCUT2D eigenvalue weighted by atomic mass is 16.7. The van der Waals surface area contributed by atoms with Gasteiger partial charge in [0.25, 0.3) is 0 Å². The molecule has 11 heteroatoms. The molecule has 7 rings (SSSR count). The molecule has 0 N–H and O–H groups in total. The summed E-state index contributed by atoms with van der Waals surface area (Å²) in [6, 6.07) is 33.5. The van der Waals surface area contributed by atoms with Gasteiger partial charge < -0.3 is 42.3 Å². The molecule has 1 saturated heterocycles. The van der Waals surface area contributed by atoms with Gasteiger partial charge in [-0.25, -0.2) is 0 Å². The molecule has 0 spiro atoms. The predicted octanol–water partition coefficient (Wildman–Crippen LogP) is 8.87. The molecule has 0 saturated carbocycles. The Labute approximate surface area is 347 Å². The van der Waals surface area contributed by atoms with Crippen molar-refractivity contribution in [3.05, 3.63) is 120 Å². The van der Waals surface area contributed by atoms with Crippen LogP contribution >= 0.6 is 0 Å². The molecule has 5 aromatic carbocycles. The van der Waals surface area contributed by atoms with E-state index in [0.29, 0.717) is 30.2 Å². The van der Waals surface area contributed by atoms with Crippen LogP contribution in [0, 0.1) is 0 Å². The van der Waals surface area contributed by atoms with Crippen LogP contribution in [0.15, 0.2) is 103 Å². The summed E-state index contributed by atoms with van der Waals surface area (Å²) in [5.74, 6) is 2.17. The average molecular weight is 798 g/mol. The van der Waals surface area contributed by atoms with Crippen LogP contribution in [0.5, 0.6) is 28.7 Å². The van der Waals surface area contributed by atoms with Crippen molar-refractivity contribution in [3.63, 3.8) is 0 Å². The first-order valence-corrected chi connectivity index (χ1v) is 19.6. The molecular formula is C48H52BNO9. The summed E-state index contributed by atoms with van der Waals surface area (Å²) in [6.07, 6.45) is 0.615. The van der Waals surface area contributed by atoms with Gasteiger partial charge in [0.15, 0.2) is 0 Å². The third-order valence-electron chi connectivity index (χ3n) is 11.8. The zero-order chi connectivity index (χ0) is 42.1. The van der Waals surface area contributed by atoms with E-state index in [1.807, 2.05) is 119 Å². The highest BCUT2D eigenvalue weighted by Crippen LogP contribution is 2.49. The van der Waals surface area contributed by atoms with Crippen molar-refractivity contribution in [1.29, 1.82) is 0 Å². The number of benzene rings is 5. The first-order chi connectivity index (χ1) is 28.4. The van der Waals surface area contributed by atoms with Crippen LogP contribution in [-0.2, 0) is 31.8 Å². The number of esters is 1. The number of carbonyl (C=O) groups is 1. The molecule has 0 radical (unpaired) electrons. The maximum atomic E-state index is 14.6. The molecule has 10 nitrogen and oxygen atoms in total. The Bertz CT molecular complexity index is 2400. The zero-order valence-corrected chi connectivity index (χ0v) is 35.5. The van der Waals surface area contributed by atoms with E-state index in [2.05, 4.69) is 16.7 Å². The Balaban J connectivity index is 1.68. The first-order valence-electron chi connectivity index (χ1n) is 19.6. The van der Waals surface area contributed by atoms with Crippen molar-refractivity contribution in [2.75, 3.05) is 42.7 Å². The van der Waals surface area contributed by atoms with E-state index in [1.54, 1.807) is 35.5 Å². The first kappa shape index (κ1) is 41.3. The van der Waals surface area contributed by atoms with Crippen molar-refractivity contribution >= 4 is 29.5 Å². The van der Waals surface area contributed by atoms with Crippen LogP contribution in [-0.4, -0.2) is 71.5 Å². The molecule has 0 amide bonds. The number of fused-ring (bicyclic) bond motifs is 1. The number of carbonyl (C=O) groups excluding carboxylic acids is 1. The van der Waals surface area contributed by atoms with Gasteiger partial charge in [-0.2, -0.15) is 0 Å². The van der Waals surface area contributed by atoms with Gasteiger partial charge >= 0.3 is 13.1 Å². The van der Waals surface area contributed by atoms with E-state index in [1.165, 1.54) is 7.11 Å². The summed E-state index contributed by atoms with van der Waals surface area (Å²) in [5.41, 5.74) is 6.27. The Hall–Kier alpha value is -5.91. The van der Waals surface area contributed by atoms with Gasteiger partial charge in [0, 0.05) is 28.8 Å². The van der Waals surface area contributed by atoms with E-state index in [0.717, 1.165) is 66.9 Å². The molecular weight excluding hydrogens is 745 g/mol. The normalized spacial score (nSPS) is 14.8. The number of methoxy groups -OCH3 is 6. The monoisotopic (exact) mass is 797 g/mol. The lowest BCUT2D eigenvalue weighted by molar-refractivity contribution is -0.141. The van der Waals surface area contributed by atoms with Gasteiger partial charge in [-0.3, -0.25) is 4.79 Å². The lowest BCUT2D eigenvalue weighted by Crippen LogP contribution is -2.41. The van der Waals surface area contributed by atoms with Crippen molar-refractivity contribution in [2.45, 2.75) is 57.8 Å². The van der Waals surface area contributed by atoms with Crippen molar-refractivity contribution in [1.82, 2.24) is 4.57 Å². The minimum Gasteiger partial charge on any atom is -0.497 e. The molecule has 1 atom stereocenters. The summed E-state index contributed by atoms with van der Waals surface area (Å²) >= 11 is 0. The Morgan fingerprint density at radius 3 is 1.54 bits per heavy atom. The summed E-state index contributed by atoms with van der Waals surface area (Å²) < 4.78 is 50.3. The molecule has 59 heavy (non-hydrogen) atoms. The second-order valence-corrected chi connectivity index (χ2v) is 15.6. The predicted molar refractivity (Wildman–Crippen MR) is 232 cm³/mol. The molecule has 306 valence electrons. The number of hydrogen-bond acceptors (Lipinski definition) is 9. The zero-order valence-electron chi connectivity index (χ0n) is 35.5. The fraction of sp³-hybridized carbons (Fsp3) is 0.312. The third kappa shape index (κ3) is 7.72. The molecule has 1 unspecified atom stereocenters. The lowest BCUT2D eigenvalue weighted by Gasteiger charge is -2.32. The van der Waals surface area contributed by atoms with E-state index < -0.39 is 30.2 Å². The van der Waals surface area contributed by atoms with Gasteiger partial charge in [0.1, 0.15) is 34.7 Å². The Morgan fingerprint density at radius 2 is 1.08 bits per heavy atom.